The number of aliphatic hydroxyl groups is 1. The zero-order chi connectivity index (χ0) is 26.6. The number of halogens is 1. The number of rotatable bonds is 8. The second kappa shape index (κ2) is 11.4. The molecule has 2 aromatic heterocycles. The zero-order valence-corrected chi connectivity index (χ0v) is 21.7. The number of fused-ring (bicyclic) bond motifs is 1. The van der Waals surface area contributed by atoms with Gasteiger partial charge in [-0.3, -0.25) is 14.6 Å². The molecular formula is C27H29ClN6O4. The Morgan fingerprint density at radius 1 is 1.24 bits per heavy atom. The van der Waals surface area contributed by atoms with Gasteiger partial charge < -0.3 is 25.4 Å². The highest BCUT2D eigenvalue weighted by Gasteiger charge is 2.31. The van der Waals surface area contributed by atoms with Crippen LogP contribution in [0.1, 0.15) is 46.1 Å². The zero-order valence-electron chi connectivity index (χ0n) is 21.0. The summed E-state index contributed by atoms with van der Waals surface area (Å²) >= 11 is 6.41. The van der Waals surface area contributed by atoms with Gasteiger partial charge in [-0.1, -0.05) is 41.4 Å². The van der Waals surface area contributed by atoms with Crippen LogP contribution in [0, 0.1) is 6.92 Å². The summed E-state index contributed by atoms with van der Waals surface area (Å²) in [6.07, 6.45) is 4.89. The van der Waals surface area contributed by atoms with Gasteiger partial charge in [-0.25, -0.2) is 9.97 Å². The Labute approximate surface area is 225 Å². The fraction of sp³-hybridized carbons (Fsp3) is 0.370. The fourth-order valence-electron chi connectivity index (χ4n) is 4.68. The molecule has 1 atom stereocenters. The van der Waals surface area contributed by atoms with Crippen molar-refractivity contribution in [2.45, 2.75) is 38.4 Å². The van der Waals surface area contributed by atoms with E-state index >= 15 is 0 Å². The molecule has 0 unspecified atom stereocenters. The van der Waals surface area contributed by atoms with Gasteiger partial charge in [0.25, 0.3) is 5.91 Å². The molecule has 1 saturated heterocycles. The Morgan fingerprint density at radius 3 is 2.82 bits per heavy atom. The lowest BCUT2D eigenvalue weighted by molar-refractivity contribution is -0.122. The standard InChI is InChI=1S/C27H29ClN6O4/c1-16-3-2-4-17(9-16)23(15-35)32-24(36)14-34-13-22-20(26(34)37)10-18(11-29-22)25-21(28)12-30-27(33-25)31-19-5-7-38-8-6-19/h2-4,9-12,19,23,35H,5-8,13-15H2,1H3,(H,32,36)(H,30,31,33)/t23-/m1/s1. The van der Waals surface area contributed by atoms with Crippen LogP contribution in [0.5, 0.6) is 0 Å². The number of hydrogen-bond donors (Lipinski definition) is 3. The second-order valence-corrected chi connectivity index (χ2v) is 9.92. The molecule has 5 rings (SSSR count). The van der Waals surface area contributed by atoms with Crippen molar-refractivity contribution in [1.29, 1.82) is 0 Å². The summed E-state index contributed by atoms with van der Waals surface area (Å²) in [5, 5.41) is 16.3. The number of carbonyl (C=O) groups excluding carboxylic acids is 2. The molecule has 0 radical (unpaired) electrons. The topological polar surface area (TPSA) is 130 Å². The van der Waals surface area contributed by atoms with Gasteiger partial charge in [0.05, 0.1) is 47.4 Å². The summed E-state index contributed by atoms with van der Waals surface area (Å²) in [4.78, 5) is 40.7. The Kier molecular flexibility index (Phi) is 7.82. The lowest BCUT2D eigenvalue weighted by Gasteiger charge is -2.23. The van der Waals surface area contributed by atoms with Gasteiger partial charge in [0.15, 0.2) is 0 Å². The monoisotopic (exact) mass is 536 g/mol. The molecule has 0 saturated carbocycles. The molecule has 2 amide bonds. The summed E-state index contributed by atoms with van der Waals surface area (Å²) in [6, 6.07) is 8.94. The van der Waals surface area contributed by atoms with Gasteiger partial charge in [0.2, 0.25) is 11.9 Å². The Bertz CT molecular complexity index is 1350. The molecule has 2 aliphatic rings. The molecule has 0 spiro atoms. The van der Waals surface area contributed by atoms with Gasteiger partial charge in [-0.15, -0.1) is 0 Å². The van der Waals surface area contributed by atoms with Crippen molar-refractivity contribution in [1.82, 2.24) is 25.2 Å². The number of aliphatic hydroxyl groups excluding tert-OH is 1. The number of amides is 2. The SMILES string of the molecule is Cc1cccc([C@@H](CO)NC(=O)CN2Cc3ncc(-c4nc(NC5CCOCC5)ncc4Cl)cc3C2=O)c1. The maximum Gasteiger partial charge on any atom is 0.256 e. The predicted octanol–water partition coefficient (Wildman–Crippen LogP) is 2.90. The molecule has 3 aromatic rings. The highest BCUT2D eigenvalue weighted by molar-refractivity contribution is 6.32. The van der Waals surface area contributed by atoms with E-state index in [1.165, 1.54) is 11.1 Å². The molecule has 0 aliphatic carbocycles. The minimum absolute atomic E-state index is 0.153. The van der Waals surface area contributed by atoms with Gasteiger partial charge >= 0.3 is 0 Å². The maximum atomic E-state index is 13.2. The lowest BCUT2D eigenvalue weighted by atomic mass is 10.1. The van der Waals surface area contributed by atoms with Crippen molar-refractivity contribution in [2.24, 2.45) is 0 Å². The first-order valence-electron chi connectivity index (χ1n) is 12.5. The van der Waals surface area contributed by atoms with Crippen LogP contribution in [0.3, 0.4) is 0 Å². The third kappa shape index (κ3) is 5.77. The number of carbonyl (C=O) groups is 2. The van der Waals surface area contributed by atoms with E-state index in [1.807, 2.05) is 31.2 Å². The highest BCUT2D eigenvalue weighted by Crippen LogP contribution is 2.30. The van der Waals surface area contributed by atoms with E-state index in [-0.39, 0.29) is 37.6 Å². The van der Waals surface area contributed by atoms with Crippen LogP contribution in [0.2, 0.25) is 5.02 Å². The highest BCUT2D eigenvalue weighted by atomic mass is 35.5. The summed E-state index contributed by atoms with van der Waals surface area (Å²) in [7, 11) is 0. The third-order valence-electron chi connectivity index (χ3n) is 6.70. The van der Waals surface area contributed by atoms with Crippen molar-refractivity contribution < 1.29 is 19.4 Å². The number of hydrogen-bond acceptors (Lipinski definition) is 8. The van der Waals surface area contributed by atoms with Crippen LogP contribution < -0.4 is 10.6 Å². The first-order valence-corrected chi connectivity index (χ1v) is 12.9. The van der Waals surface area contributed by atoms with Gasteiger partial charge in [0.1, 0.15) is 6.54 Å². The van der Waals surface area contributed by atoms with Crippen molar-refractivity contribution >= 4 is 29.4 Å². The van der Waals surface area contributed by atoms with Crippen molar-refractivity contribution in [3.8, 4) is 11.3 Å². The van der Waals surface area contributed by atoms with E-state index < -0.39 is 6.04 Å². The quantitative estimate of drug-likeness (QED) is 0.401. The number of nitrogens with zero attached hydrogens (tertiary/aromatic N) is 4. The molecule has 2 aliphatic heterocycles. The molecule has 1 aromatic carbocycles. The largest absolute Gasteiger partial charge is 0.394 e. The van der Waals surface area contributed by atoms with E-state index in [1.54, 1.807) is 12.3 Å². The average Bonchev–Trinajstić information content (AvgIpc) is 3.23. The predicted molar refractivity (Wildman–Crippen MR) is 142 cm³/mol. The van der Waals surface area contributed by atoms with Crippen LogP contribution >= 0.6 is 11.6 Å². The smallest absolute Gasteiger partial charge is 0.256 e. The third-order valence-corrected chi connectivity index (χ3v) is 6.97. The second-order valence-electron chi connectivity index (χ2n) is 9.52. The molecule has 198 valence electrons. The van der Waals surface area contributed by atoms with Crippen molar-refractivity contribution in [2.75, 3.05) is 31.7 Å². The van der Waals surface area contributed by atoms with Crippen LogP contribution in [-0.4, -0.2) is 69.2 Å². The molecule has 11 heteroatoms. The molecule has 4 heterocycles. The lowest BCUT2D eigenvalue weighted by Crippen LogP contribution is -2.40. The van der Waals surface area contributed by atoms with E-state index in [0.29, 0.717) is 46.7 Å². The Morgan fingerprint density at radius 2 is 2.05 bits per heavy atom. The van der Waals surface area contributed by atoms with E-state index in [0.717, 1.165) is 24.0 Å². The van der Waals surface area contributed by atoms with E-state index in [2.05, 4.69) is 25.6 Å². The number of aryl methyl sites for hydroxylation is 1. The van der Waals surface area contributed by atoms with Crippen molar-refractivity contribution in [3.05, 3.63) is 70.1 Å². The Balaban J connectivity index is 1.28. The molecular weight excluding hydrogens is 508 g/mol. The first kappa shape index (κ1) is 26.0. The van der Waals surface area contributed by atoms with Crippen LogP contribution in [0.25, 0.3) is 11.3 Å². The normalized spacial score (nSPS) is 16.3. The molecule has 1 fully saturated rings. The van der Waals surface area contributed by atoms with E-state index in [9.17, 15) is 14.7 Å². The first-order chi connectivity index (χ1) is 18.4. The number of benzene rings is 1. The van der Waals surface area contributed by atoms with Crippen LogP contribution in [0.15, 0.2) is 42.7 Å². The fourth-order valence-corrected chi connectivity index (χ4v) is 4.88. The molecule has 0 bridgehead atoms. The summed E-state index contributed by atoms with van der Waals surface area (Å²) in [5.74, 6) is -0.214. The molecule has 3 N–H and O–H groups in total. The minimum atomic E-state index is -0.559. The number of nitrogens with one attached hydrogen (secondary N) is 2. The number of ether oxygens (including phenoxy) is 1. The molecule has 10 nitrogen and oxygen atoms in total. The van der Waals surface area contributed by atoms with Gasteiger partial charge in [-0.2, -0.15) is 0 Å². The van der Waals surface area contributed by atoms with Crippen LogP contribution in [0.4, 0.5) is 5.95 Å². The molecule has 38 heavy (non-hydrogen) atoms. The summed E-state index contributed by atoms with van der Waals surface area (Å²) in [5.41, 5.74) is 3.87. The summed E-state index contributed by atoms with van der Waals surface area (Å²) in [6.45, 7) is 3.13. The minimum Gasteiger partial charge on any atom is -0.394 e. The Hall–Kier alpha value is -3.60. The number of aromatic nitrogens is 3. The van der Waals surface area contributed by atoms with Crippen molar-refractivity contribution in [3.63, 3.8) is 0 Å². The van der Waals surface area contributed by atoms with Crippen LogP contribution in [-0.2, 0) is 16.1 Å². The summed E-state index contributed by atoms with van der Waals surface area (Å²) < 4.78 is 5.40. The number of pyridine rings is 1. The number of anilines is 1. The van der Waals surface area contributed by atoms with E-state index in [4.69, 9.17) is 16.3 Å². The van der Waals surface area contributed by atoms with Gasteiger partial charge in [0, 0.05) is 31.0 Å². The van der Waals surface area contributed by atoms with Gasteiger partial charge in [-0.05, 0) is 31.4 Å². The average molecular weight is 537 g/mol. The maximum absolute atomic E-state index is 13.2.